The van der Waals surface area contributed by atoms with Crippen LogP contribution in [0.5, 0.6) is 0 Å². The first-order valence-electron chi connectivity index (χ1n) is 9.38. The second kappa shape index (κ2) is 8.51. The highest BCUT2D eigenvalue weighted by molar-refractivity contribution is 6.39. The van der Waals surface area contributed by atoms with Gasteiger partial charge in [0.1, 0.15) is 5.65 Å². The average Bonchev–Trinajstić information content (AvgIpc) is 2.77. The second-order valence-corrected chi connectivity index (χ2v) is 7.68. The van der Waals surface area contributed by atoms with Gasteiger partial charge in [-0.05, 0) is 35.4 Å². The number of aliphatic hydroxyl groups is 1. The monoisotopic (exact) mass is 452 g/mol. The van der Waals surface area contributed by atoms with E-state index in [0.717, 1.165) is 11.3 Å². The third kappa shape index (κ3) is 3.81. The maximum atomic E-state index is 13.3. The Morgan fingerprint density at radius 1 is 1.16 bits per heavy atom. The quantitative estimate of drug-likeness (QED) is 0.435. The van der Waals surface area contributed by atoms with E-state index in [4.69, 9.17) is 23.2 Å². The lowest BCUT2D eigenvalue weighted by atomic mass is 9.98. The number of anilines is 2. The molecule has 0 unspecified atom stereocenters. The number of pyridine rings is 1. The summed E-state index contributed by atoms with van der Waals surface area (Å²) in [6.45, 7) is 3.81. The van der Waals surface area contributed by atoms with Gasteiger partial charge in [-0.3, -0.25) is 9.36 Å². The van der Waals surface area contributed by atoms with Gasteiger partial charge in [-0.2, -0.15) is 4.98 Å². The lowest BCUT2D eigenvalue weighted by molar-refractivity contribution is 0.282. The summed E-state index contributed by atoms with van der Waals surface area (Å²) in [7, 11) is 1.63. The zero-order valence-corrected chi connectivity index (χ0v) is 18.1. The van der Waals surface area contributed by atoms with Crippen LogP contribution in [0.4, 0.5) is 11.6 Å². The smallest absolute Gasteiger partial charge is 0.260 e. The molecule has 0 aliphatic heterocycles. The highest BCUT2D eigenvalue weighted by Crippen LogP contribution is 2.37. The molecule has 0 radical (unpaired) electrons. The lowest BCUT2D eigenvalue weighted by Gasteiger charge is -2.15. The summed E-state index contributed by atoms with van der Waals surface area (Å²) in [5.74, 6) is 0.316. The van der Waals surface area contributed by atoms with E-state index < -0.39 is 0 Å². The maximum Gasteiger partial charge on any atom is 0.260 e. The van der Waals surface area contributed by atoms with Gasteiger partial charge >= 0.3 is 0 Å². The second-order valence-electron chi connectivity index (χ2n) is 6.87. The molecule has 0 aliphatic rings. The van der Waals surface area contributed by atoms with Gasteiger partial charge in [0.15, 0.2) is 0 Å². The van der Waals surface area contributed by atoms with Crippen molar-refractivity contribution in [2.24, 2.45) is 7.05 Å². The summed E-state index contributed by atoms with van der Waals surface area (Å²) < 4.78 is 1.44. The summed E-state index contributed by atoms with van der Waals surface area (Å²) >= 11 is 12.8. The molecule has 2 aromatic heterocycles. The Labute approximate surface area is 188 Å². The molecule has 0 saturated carbocycles. The van der Waals surface area contributed by atoms with Gasteiger partial charge in [-0.15, -0.1) is 0 Å². The van der Waals surface area contributed by atoms with Gasteiger partial charge in [-0.25, -0.2) is 4.98 Å². The third-order valence-electron chi connectivity index (χ3n) is 4.95. The molecule has 0 fully saturated rings. The van der Waals surface area contributed by atoms with Crippen LogP contribution in [-0.4, -0.2) is 19.6 Å². The number of halogens is 2. The van der Waals surface area contributed by atoms with Crippen LogP contribution in [0.15, 0.2) is 60.0 Å². The van der Waals surface area contributed by atoms with Gasteiger partial charge in [0, 0.05) is 29.9 Å². The normalized spacial score (nSPS) is 11.0. The number of hydrogen-bond acceptors (Lipinski definition) is 5. The van der Waals surface area contributed by atoms with Crippen LogP contribution in [0.25, 0.3) is 28.2 Å². The van der Waals surface area contributed by atoms with Crippen molar-refractivity contribution in [3.05, 3.63) is 86.8 Å². The van der Waals surface area contributed by atoms with Crippen LogP contribution in [-0.2, 0) is 13.7 Å². The Morgan fingerprint density at radius 2 is 1.87 bits per heavy atom. The van der Waals surface area contributed by atoms with Crippen LogP contribution < -0.4 is 10.9 Å². The van der Waals surface area contributed by atoms with Crippen molar-refractivity contribution in [3.63, 3.8) is 0 Å². The minimum Gasteiger partial charge on any atom is -0.392 e. The number of fused-ring (bicyclic) bond motifs is 1. The van der Waals surface area contributed by atoms with E-state index in [-0.39, 0.29) is 12.2 Å². The number of rotatable bonds is 5. The average molecular weight is 453 g/mol. The zero-order valence-electron chi connectivity index (χ0n) is 16.6. The molecule has 0 spiro atoms. The van der Waals surface area contributed by atoms with Crippen molar-refractivity contribution in [1.29, 1.82) is 0 Å². The molecule has 2 N–H and O–H groups in total. The van der Waals surface area contributed by atoms with Gasteiger partial charge in [0.25, 0.3) is 5.56 Å². The molecular weight excluding hydrogens is 435 g/mol. The summed E-state index contributed by atoms with van der Waals surface area (Å²) in [6.07, 6.45) is 3.21. The highest BCUT2D eigenvalue weighted by Gasteiger charge is 2.20. The van der Waals surface area contributed by atoms with Crippen molar-refractivity contribution in [2.75, 3.05) is 5.32 Å². The number of aliphatic hydroxyl groups excluding tert-OH is 1. The van der Waals surface area contributed by atoms with E-state index in [1.54, 1.807) is 43.6 Å². The molecule has 6 nitrogen and oxygen atoms in total. The number of hydrogen-bond donors (Lipinski definition) is 2. The minimum atomic E-state index is -0.302. The molecular formula is C23H18Cl2N4O2. The number of aryl methyl sites for hydroxylation is 1. The van der Waals surface area contributed by atoms with Gasteiger partial charge in [0.05, 0.1) is 22.2 Å². The van der Waals surface area contributed by atoms with Gasteiger partial charge < -0.3 is 10.4 Å². The fourth-order valence-electron chi connectivity index (χ4n) is 3.46. The predicted molar refractivity (Wildman–Crippen MR) is 126 cm³/mol. The molecule has 0 bridgehead atoms. The minimum absolute atomic E-state index is 0.0708. The highest BCUT2D eigenvalue weighted by atomic mass is 35.5. The maximum absolute atomic E-state index is 13.3. The van der Waals surface area contributed by atoms with Crippen molar-refractivity contribution in [3.8, 4) is 11.1 Å². The van der Waals surface area contributed by atoms with Gasteiger partial charge in [0.2, 0.25) is 5.95 Å². The molecule has 4 aromatic rings. The Morgan fingerprint density at radius 3 is 2.55 bits per heavy atom. The van der Waals surface area contributed by atoms with Crippen molar-refractivity contribution in [2.45, 2.75) is 6.61 Å². The van der Waals surface area contributed by atoms with Crippen LogP contribution in [0, 0.1) is 0 Å². The molecule has 2 heterocycles. The van der Waals surface area contributed by atoms with E-state index in [2.05, 4.69) is 21.9 Å². The summed E-state index contributed by atoms with van der Waals surface area (Å²) in [6, 6.07) is 12.4. The number of nitrogens with zero attached hydrogens (tertiary/aromatic N) is 3. The molecule has 8 heteroatoms. The first-order valence-corrected chi connectivity index (χ1v) is 10.1. The van der Waals surface area contributed by atoms with E-state index in [0.29, 0.717) is 43.7 Å². The largest absolute Gasteiger partial charge is 0.392 e. The molecule has 4 rings (SSSR count). The predicted octanol–water partition coefficient (Wildman–Crippen LogP) is 5.18. The van der Waals surface area contributed by atoms with E-state index >= 15 is 0 Å². The van der Waals surface area contributed by atoms with Gasteiger partial charge in [-0.1, -0.05) is 54.1 Å². The molecule has 156 valence electrons. The lowest BCUT2D eigenvalue weighted by Crippen LogP contribution is -2.22. The Hall–Kier alpha value is -3.19. The Bertz CT molecular complexity index is 1360. The van der Waals surface area contributed by atoms with Crippen molar-refractivity contribution in [1.82, 2.24) is 14.5 Å². The summed E-state index contributed by atoms with van der Waals surface area (Å²) in [4.78, 5) is 22.3. The van der Waals surface area contributed by atoms with Crippen molar-refractivity contribution >= 4 is 51.9 Å². The third-order valence-corrected chi connectivity index (χ3v) is 5.58. The zero-order chi connectivity index (χ0) is 22.1. The van der Waals surface area contributed by atoms with Crippen molar-refractivity contribution < 1.29 is 5.11 Å². The van der Waals surface area contributed by atoms with E-state index in [1.807, 2.05) is 18.2 Å². The number of nitrogens with one attached hydrogen (secondary N) is 1. The number of aromatic nitrogens is 3. The SMILES string of the molecule is C=Cc1c(-c2c(Cl)cccc2Cl)c(=O)n(C)c2nc(Nc3cccc(CO)c3)ncc12. The Balaban J connectivity index is 1.91. The van der Waals surface area contributed by atoms with Crippen LogP contribution in [0.1, 0.15) is 11.1 Å². The van der Waals surface area contributed by atoms with Crippen LogP contribution in [0.2, 0.25) is 10.0 Å². The van der Waals surface area contributed by atoms with E-state index in [1.165, 1.54) is 4.57 Å². The first kappa shape index (κ1) is 21.1. The molecule has 31 heavy (non-hydrogen) atoms. The number of benzene rings is 2. The fourth-order valence-corrected chi connectivity index (χ4v) is 4.05. The summed E-state index contributed by atoms with van der Waals surface area (Å²) in [5.41, 5.74) is 2.97. The van der Waals surface area contributed by atoms with Crippen LogP contribution >= 0.6 is 23.2 Å². The molecule has 0 atom stereocenters. The van der Waals surface area contributed by atoms with Crippen LogP contribution in [0.3, 0.4) is 0 Å². The molecule has 0 saturated heterocycles. The topological polar surface area (TPSA) is 80.0 Å². The van der Waals surface area contributed by atoms with E-state index in [9.17, 15) is 9.90 Å². The summed E-state index contributed by atoms with van der Waals surface area (Å²) in [5, 5.41) is 13.8. The molecule has 0 aliphatic carbocycles. The standard InChI is InChI=1S/C23H18Cl2N4O2/c1-3-15-16-11-26-23(27-14-7-4-6-13(10-14)12-30)28-21(16)29(2)22(31)19(15)20-17(24)8-5-9-18(20)25/h3-11,30H,1,12H2,2H3,(H,26,27,28). The first-order chi connectivity index (χ1) is 14.9. The fraction of sp³-hybridized carbons (Fsp3) is 0.0870. The molecule has 0 amide bonds. The molecule has 2 aromatic carbocycles. The Kier molecular flexibility index (Phi) is 5.78.